The lowest BCUT2D eigenvalue weighted by Gasteiger charge is -2.11. The first-order valence-corrected chi connectivity index (χ1v) is 11.3. The first kappa shape index (κ1) is 23.1. The van der Waals surface area contributed by atoms with Gasteiger partial charge >= 0.3 is 5.97 Å². The number of hydrogen-bond acceptors (Lipinski definition) is 4. The highest BCUT2D eigenvalue weighted by atomic mass is 16.6. The van der Waals surface area contributed by atoms with Gasteiger partial charge in [0.1, 0.15) is 5.75 Å². The van der Waals surface area contributed by atoms with E-state index < -0.39 is 5.97 Å². The Labute approximate surface area is 200 Å². The molecule has 0 radical (unpaired) electrons. The lowest BCUT2D eigenvalue weighted by atomic mass is 10.0. The number of benzene rings is 4. The first-order chi connectivity index (χ1) is 16.5. The zero-order valence-corrected chi connectivity index (χ0v) is 19.7. The number of methoxy groups -OCH3 is 1. The SMILES string of the molecule is COc1cc(/C=C/c2cccc3ccccc23)ccc1OC(=O)COc1ccc(C(C)C)cc1. The van der Waals surface area contributed by atoms with Gasteiger partial charge in [-0.05, 0) is 57.6 Å². The van der Waals surface area contributed by atoms with Crippen LogP contribution in [0.5, 0.6) is 17.2 Å². The predicted molar refractivity (Wildman–Crippen MR) is 138 cm³/mol. The van der Waals surface area contributed by atoms with Crippen LogP contribution >= 0.6 is 0 Å². The molecule has 0 N–H and O–H groups in total. The Morgan fingerprint density at radius 2 is 1.62 bits per heavy atom. The minimum absolute atomic E-state index is 0.188. The summed E-state index contributed by atoms with van der Waals surface area (Å²) in [6, 6.07) is 27.7. The van der Waals surface area contributed by atoms with Crippen molar-refractivity contribution < 1.29 is 19.0 Å². The summed E-state index contributed by atoms with van der Waals surface area (Å²) in [7, 11) is 1.55. The second-order valence-corrected chi connectivity index (χ2v) is 8.30. The normalized spacial score (nSPS) is 11.2. The Hall–Kier alpha value is -4.05. The number of esters is 1. The summed E-state index contributed by atoms with van der Waals surface area (Å²) in [5.41, 5.74) is 3.28. The van der Waals surface area contributed by atoms with Crippen LogP contribution in [0.3, 0.4) is 0 Å². The summed E-state index contributed by atoms with van der Waals surface area (Å²) in [6.07, 6.45) is 4.08. The van der Waals surface area contributed by atoms with Gasteiger partial charge in [-0.3, -0.25) is 0 Å². The van der Waals surface area contributed by atoms with Gasteiger partial charge in [0.15, 0.2) is 18.1 Å². The first-order valence-electron chi connectivity index (χ1n) is 11.3. The third kappa shape index (κ3) is 5.65. The lowest BCUT2D eigenvalue weighted by Crippen LogP contribution is -2.18. The van der Waals surface area contributed by atoms with Crippen LogP contribution in [0.1, 0.15) is 36.5 Å². The molecule has 0 aliphatic heterocycles. The number of carbonyl (C=O) groups excluding carboxylic acids is 1. The monoisotopic (exact) mass is 452 g/mol. The van der Waals surface area contributed by atoms with E-state index >= 15 is 0 Å². The average Bonchev–Trinajstić information content (AvgIpc) is 2.87. The van der Waals surface area contributed by atoms with E-state index in [4.69, 9.17) is 14.2 Å². The second kappa shape index (κ2) is 10.7. The van der Waals surface area contributed by atoms with Crippen molar-refractivity contribution >= 4 is 28.9 Å². The van der Waals surface area contributed by atoms with E-state index in [-0.39, 0.29) is 6.61 Å². The van der Waals surface area contributed by atoms with Crippen molar-refractivity contribution in [3.05, 3.63) is 102 Å². The molecular formula is C30H28O4. The topological polar surface area (TPSA) is 44.8 Å². The molecule has 0 spiro atoms. The molecule has 0 unspecified atom stereocenters. The van der Waals surface area contributed by atoms with Gasteiger partial charge in [-0.1, -0.05) is 86.7 Å². The smallest absolute Gasteiger partial charge is 0.349 e. The molecule has 34 heavy (non-hydrogen) atoms. The molecule has 0 aliphatic rings. The van der Waals surface area contributed by atoms with Crippen LogP contribution < -0.4 is 14.2 Å². The van der Waals surface area contributed by atoms with E-state index in [1.807, 2.05) is 60.7 Å². The molecule has 0 saturated heterocycles. The van der Waals surface area contributed by atoms with E-state index in [0.717, 1.165) is 11.1 Å². The Balaban J connectivity index is 1.41. The second-order valence-electron chi connectivity index (χ2n) is 8.30. The highest BCUT2D eigenvalue weighted by Gasteiger charge is 2.12. The van der Waals surface area contributed by atoms with Crippen molar-refractivity contribution in [3.63, 3.8) is 0 Å². The summed E-state index contributed by atoms with van der Waals surface area (Å²) in [5, 5.41) is 2.39. The summed E-state index contributed by atoms with van der Waals surface area (Å²) in [4.78, 5) is 12.3. The molecule has 0 aromatic heterocycles. The van der Waals surface area contributed by atoms with Crippen molar-refractivity contribution in [3.8, 4) is 17.2 Å². The fourth-order valence-corrected chi connectivity index (χ4v) is 3.70. The fraction of sp³-hybridized carbons (Fsp3) is 0.167. The minimum Gasteiger partial charge on any atom is -0.493 e. The molecular weight excluding hydrogens is 424 g/mol. The van der Waals surface area contributed by atoms with Crippen molar-refractivity contribution in [1.82, 2.24) is 0 Å². The number of ether oxygens (including phenoxy) is 3. The quantitative estimate of drug-likeness (QED) is 0.162. The van der Waals surface area contributed by atoms with Crippen LogP contribution in [0.2, 0.25) is 0 Å². The third-order valence-corrected chi connectivity index (χ3v) is 5.59. The molecule has 4 nitrogen and oxygen atoms in total. The van der Waals surface area contributed by atoms with Crippen LogP contribution in [0.15, 0.2) is 84.9 Å². The molecule has 4 aromatic rings. The van der Waals surface area contributed by atoms with E-state index in [2.05, 4.69) is 44.2 Å². The number of fused-ring (bicyclic) bond motifs is 1. The molecule has 4 rings (SSSR count). The van der Waals surface area contributed by atoms with Gasteiger partial charge < -0.3 is 14.2 Å². The van der Waals surface area contributed by atoms with Gasteiger partial charge in [-0.25, -0.2) is 4.79 Å². The lowest BCUT2D eigenvalue weighted by molar-refractivity contribution is -0.136. The fourth-order valence-electron chi connectivity index (χ4n) is 3.70. The number of carbonyl (C=O) groups is 1. The zero-order chi connectivity index (χ0) is 23.9. The third-order valence-electron chi connectivity index (χ3n) is 5.59. The summed E-state index contributed by atoms with van der Waals surface area (Å²) in [5.74, 6) is 1.41. The molecule has 0 bridgehead atoms. The minimum atomic E-state index is -0.495. The van der Waals surface area contributed by atoms with Crippen molar-refractivity contribution in [2.24, 2.45) is 0 Å². The van der Waals surface area contributed by atoms with Crippen LogP contribution in [0.4, 0.5) is 0 Å². The summed E-state index contributed by atoms with van der Waals surface area (Å²) >= 11 is 0. The molecule has 4 aromatic carbocycles. The maximum absolute atomic E-state index is 12.3. The summed E-state index contributed by atoms with van der Waals surface area (Å²) < 4.78 is 16.5. The molecule has 0 aliphatic carbocycles. The molecule has 172 valence electrons. The average molecular weight is 453 g/mol. The maximum Gasteiger partial charge on any atom is 0.349 e. The van der Waals surface area contributed by atoms with E-state index in [1.165, 1.54) is 16.3 Å². The molecule has 0 heterocycles. The van der Waals surface area contributed by atoms with E-state index in [0.29, 0.717) is 23.2 Å². The van der Waals surface area contributed by atoms with Crippen LogP contribution in [-0.2, 0) is 4.79 Å². The van der Waals surface area contributed by atoms with Crippen molar-refractivity contribution in [2.45, 2.75) is 19.8 Å². The highest BCUT2D eigenvalue weighted by molar-refractivity contribution is 5.92. The van der Waals surface area contributed by atoms with Gasteiger partial charge in [0.2, 0.25) is 0 Å². The Morgan fingerprint density at radius 1 is 0.853 bits per heavy atom. The van der Waals surface area contributed by atoms with Gasteiger partial charge in [-0.2, -0.15) is 0 Å². The van der Waals surface area contributed by atoms with Gasteiger partial charge in [0, 0.05) is 0 Å². The molecule has 4 heteroatoms. The number of hydrogen-bond donors (Lipinski definition) is 0. The largest absolute Gasteiger partial charge is 0.493 e. The Kier molecular flexibility index (Phi) is 7.28. The molecule has 0 fully saturated rings. The van der Waals surface area contributed by atoms with Crippen LogP contribution in [-0.4, -0.2) is 19.7 Å². The van der Waals surface area contributed by atoms with Crippen LogP contribution in [0, 0.1) is 0 Å². The van der Waals surface area contributed by atoms with Gasteiger partial charge in [-0.15, -0.1) is 0 Å². The van der Waals surface area contributed by atoms with Gasteiger partial charge in [0.25, 0.3) is 0 Å². The maximum atomic E-state index is 12.3. The summed E-state index contributed by atoms with van der Waals surface area (Å²) in [6.45, 7) is 4.07. The number of rotatable bonds is 8. The van der Waals surface area contributed by atoms with Crippen molar-refractivity contribution in [2.75, 3.05) is 13.7 Å². The Morgan fingerprint density at radius 3 is 2.38 bits per heavy atom. The van der Waals surface area contributed by atoms with Crippen LogP contribution in [0.25, 0.3) is 22.9 Å². The molecule has 0 saturated carbocycles. The Bertz CT molecular complexity index is 1300. The molecule has 0 atom stereocenters. The van der Waals surface area contributed by atoms with E-state index in [1.54, 1.807) is 13.2 Å². The highest BCUT2D eigenvalue weighted by Crippen LogP contribution is 2.29. The standard InChI is InChI=1S/C30H28O4/c1-21(2)23-14-16-26(17-15-23)33-20-30(31)34-28-18-12-22(19-29(28)32-3)11-13-25-9-6-8-24-7-4-5-10-27(24)25/h4-19,21H,20H2,1-3H3/b13-11+. The van der Waals surface area contributed by atoms with Crippen molar-refractivity contribution in [1.29, 1.82) is 0 Å². The predicted octanol–water partition coefficient (Wildman–Crippen LogP) is 7.13. The molecule has 0 amide bonds. The van der Waals surface area contributed by atoms with Gasteiger partial charge in [0.05, 0.1) is 7.11 Å². The van der Waals surface area contributed by atoms with E-state index in [9.17, 15) is 4.79 Å². The zero-order valence-electron chi connectivity index (χ0n) is 19.7.